The average molecular weight is 319 g/mol. The summed E-state index contributed by atoms with van der Waals surface area (Å²) in [6.07, 6.45) is 2.97. The van der Waals surface area contributed by atoms with Crippen LogP contribution < -0.4 is 4.74 Å². The van der Waals surface area contributed by atoms with Crippen molar-refractivity contribution in [3.63, 3.8) is 0 Å². The summed E-state index contributed by atoms with van der Waals surface area (Å²) in [7, 11) is 1.66. The topological polar surface area (TPSA) is 42.8 Å². The minimum Gasteiger partial charge on any atom is -0.497 e. The van der Waals surface area contributed by atoms with Gasteiger partial charge in [0, 0.05) is 17.1 Å². The Kier molecular flexibility index (Phi) is 3.82. The van der Waals surface area contributed by atoms with Gasteiger partial charge in [0.05, 0.1) is 24.2 Å². The summed E-state index contributed by atoms with van der Waals surface area (Å²) >= 11 is 7.23. The molecule has 1 N–H and O–H groups in total. The maximum absolute atomic E-state index is 5.49. The van der Waals surface area contributed by atoms with Crippen LogP contribution in [0.15, 0.2) is 24.4 Å². The zero-order valence-electron chi connectivity index (χ0n) is 12.2. The van der Waals surface area contributed by atoms with Crippen LogP contribution in [-0.2, 0) is 6.42 Å². The zero-order valence-corrected chi connectivity index (χ0v) is 13.8. The van der Waals surface area contributed by atoms with Crippen molar-refractivity contribution in [3.05, 3.63) is 39.1 Å². The van der Waals surface area contributed by atoms with Crippen molar-refractivity contribution < 1.29 is 4.74 Å². The molecular formula is C15H17N3OS2. The number of aromatic amines is 1. The summed E-state index contributed by atoms with van der Waals surface area (Å²) in [5.74, 6) is 0.820. The van der Waals surface area contributed by atoms with Crippen molar-refractivity contribution in [3.8, 4) is 5.75 Å². The van der Waals surface area contributed by atoms with Crippen LogP contribution >= 0.6 is 23.6 Å². The molecule has 0 bridgehead atoms. The molecule has 21 heavy (non-hydrogen) atoms. The Hall–Kier alpha value is -1.66. The second-order valence-electron chi connectivity index (χ2n) is 4.88. The molecule has 0 saturated carbocycles. The second kappa shape index (κ2) is 5.61. The number of ether oxygens (including phenoxy) is 1. The molecule has 1 atom stereocenters. The number of hydrogen-bond donors (Lipinski definition) is 1. The molecule has 0 saturated heterocycles. The number of benzene rings is 1. The largest absolute Gasteiger partial charge is 0.497 e. The molecular weight excluding hydrogens is 302 g/mol. The molecule has 0 aliphatic heterocycles. The fourth-order valence-electron chi connectivity index (χ4n) is 2.41. The van der Waals surface area contributed by atoms with Crippen LogP contribution in [0.25, 0.3) is 11.0 Å². The van der Waals surface area contributed by atoms with Crippen molar-refractivity contribution in [2.24, 2.45) is 0 Å². The first kappa shape index (κ1) is 14.3. The summed E-state index contributed by atoms with van der Waals surface area (Å²) < 4.78 is 8.08. The van der Waals surface area contributed by atoms with Crippen molar-refractivity contribution in [1.82, 2.24) is 14.5 Å². The van der Waals surface area contributed by atoms with Crippen LogP contribution in [0.3, 0.4) is 0 Å². The number of rotatable bonds is 4. The molecule has 2 heterocycles. The van der Waals surface area contributed by atoms with Gasteiger partial charge in [-0.3, -0.25) is 0 Å². The van der Waals surface area contributed by atoms with E-state index in [1.165, 1.54) is 4.88 Å². The van der Waals surface area contributed by atoms with Crippen molar-refractivity contribution in [1.29, 1.82) is 0 Å². The molecule has 1 unspecified atom stereocenters. The van der Waals surface area contributed by atoms with Gasteiger partial charge in [-0.15, -0.1) is 11.3 Å². The van der Waals surface area contributed by atoms with Gasteiger partial charge in [-0.1, -0.05) is 6.92 Å². The lowest BCUT2D eigenvalue weighted by Gasteiger charge is -2.12. The number of hydrogen-bond acceptors (Lipinski definition) is 4. The number of methoxy groups -OCH3 is 1. The number of fused-ring (bicyclic) bond motifs is 1. The molecule has 110 valence electrons. The molecule has 4 nitrogen and oxygen atoms in total. The smallest absolute Gasteiger partial charge is 0.178 e. The lowest BCUT2D eigenvalue weighted by molar-refractivity contribution is 0.415. The Balaban J connectivity index is 2.10. The normalized spacial score (nSPS) is 12.7. The first-order chi connectivity index (χ1) is 10.1. The molecule has 0 fully saturated rings. The van der Waals surface area contributed by atoms with E-state index in [2.05, 4.69) is 28.4 Å². The lowest BCUT2D eigenvalue weighted by Crippen LogP contribution is -2.06. The number of aryl methyl sites for hydroxylation is 1. The van der Waals surface area contributed by atoms with Crippen molar-refractivity contribution in [2.75, 3.05) is 7.11 Å². The molecule has 0 aliphatic rings. The standard InChI is InChI=1S/C15H17N3OS2/c1-4-11-8-16-14(21-11)9(2)18-13-6-5-10(19-3)7-12(13)17-15(18)20/h5-9H,4H2,1-3H3,(H,17,20). The van der Waals surface area contributed by atoms with Crippen molar-refractivity contribution in [2.45, 2.75) is 26.3 Å². The van der Waals surface area contributed by atoms with E-state index in [9.17, 15) is 0 Å². The Labute approximate surface area is 132 Å². The monoisotopic (exact) mass is 319 g/mol. The van der Waals surface area contributed by atoms with Gasteiger partial charge in [-0.2, -0.15) is 0 Å². The first-order valence-electron chi connectivity index (χ1n) is 6.87. The van der Waals surface area contributed by atoms with Gasteiger partial charge in [0.1, 0.15) is 10.8 Å². The Morgan fingerprint density at radius 1 is 1.48 bits per heavy atom. The number of imidazole rings is 1. The Morgan fingerprint density at radius 3 is 2.95 bits per heavy atom. The van der Waals surface area contributed by atoms with E-state index in [1.54, 1.807) is 18.4 Å². The molecule has 2 aromatic heterocycles. The molecule has 3 rings (SSSR count). The number of aromatic nitrogens is 3. The Morgan fingerprint density at radius 2 is 2.29 bits per heavy atom. The molecule has 1 aromatic carbocycles. The predicted octanol–water partition coefficient (Wildman–Crippen LogP) is 4.34. The van der Waals surface area contributed by atoms with Crippen LogP contribution in [0.4, 0.5) is 0 Å². The predicted molar refractivity (Wildman–Crippen MR) is 89.0 cm³/mol. The third-order valence-corrected chi connectivity index (χ3v) is 5.20. The van der Waals surface area contributed by atoms with Gasteiger partial charge >= 0.3 is 0 Å². The second-order valence-corrected chi connectivity index (χ2v) is 6.41. The summed E-state index contributed by atoms with van der Waals surface area (Å²) in [4.78, 5) is 9.08. The highest BCUT2D eigenvalue weighted by Crippen LogP contribution is 2.29. The van der Waals surface area contributed by atoms with Gasteiger partial charge in [-0.05, 0) is 37.7 Å². The minimum absolute atomic E-state index is 0.116. The minimum atomic E-state index is 0.116. The third-order valence-electron chi connectivity index (χ3n) is 3.59. The highest BCUT2D eigenvalue weighted by molar-refractivity contribution is 7.71. The Bertz CT molecular complexity index is 831. The van der Waals surface area contributed by atoms with Crippen LogP contribution in [0.5, 0.6) is 5.75 Å². The first-order valence-corrected chi connectivity index (χ1v) is 8.09. The molecule has 0 amide bonds. The zero-order chi connectivity index (χ0) is 15.0. The van der Waals surface area contributed by atoms with E-state index in [0.29, 0.717) is 4.77 Å². The van der Waals surface area contributed by atoms with E-state index in [1.807, 2.05) is 24.4 Å². The molecule has 0 radical (unpaired) electrons. The van der Waals surface area contributed by atoms with Gasteiger partial charge in [-0.25, -0.2) is 4.98 Å². The van der Waals surface area contributed by atoms with E-state index >= 15 is 0 Å². The third kappa shape index (κ3) is 2.49. The van der Waals surface area contributed by atoms with Crippen LogP contribution in [-0.4, -0.2) is 21.6 Å². The van der Waals surface area contributed by atoms with E-state index in [4.69, 9.17) is 17.0 Å². The van der Waals surface area contributed by atoms with E-state index in [0.717, 1.165) is 28.2 Å². The highest BCUT2D eigenvalue weighted by Gasteiger charge is 2.16. The maximum atomic E-state index is 5.49. The molecule has 6 heteroatoms. The van der Waals surface area contributed by atoms with Gasteiger partial charge < -0.3 is 14.3 Å². The van der Waals surface area contributed by atoms with Crippen LogP contribution in [0.1, 0.15) is 29.8 Å². The fraction of sp³-hybridized carbons (Fsp3) is 0.333. The molecule has 0 aliphatic carbocycles. The van der Waals surface area contributed by atoms with Gasteiger partial charge in [0.25, 0.3) is 0 Å². The number of nitrogens with zero attached hydrogens (tertiary/aromatic N) is 2. The summed E-state index contributed by atoms with van der Waals surface area (Å²) in [6, 6.07) is 6.07. The maximum Gasteiger partial charge on any atom is 0.178 e. The van der Waals surface area contributed by atoms with Crippen molar-refractivity contribution >= 4 is 34.6 Å². The van der Waals surface area contributed by atoms with E-state index < -0.39 is 0 Å². The van der Waals surface area contributed by atoms with Crippen LogP contribution in [0.2, 0.25) is 0 Å². The number of nitrogens with one attached hydrogen (secondary N) is 1. The summed E-state index contributed by atoms with van der Waals surface area (Å²) in [5.41, 5.74) is 2.06. The van der Waals surface area contributed by atoms with Gasteiger partial charge in [0.15, 0.2) is 4.77 Å². The summed E-state index contributed by atoms with van der Waals surface area (Å²) in [6.45, 7) is 4.27. The summed E-state index contributed by atoms with van der Waals surface area (Å²) in [5, 5.41) is 1.08. The highest BCUT2D eigenvalue weighted by atomic mass is 32.1. The number of thiazole rings is 1. The SMILES string of the molecule is CCc1cnc(C(C)n2c(=S)[nH]c3cc(OC)ccc32)s1. The molecule has 3 aromatic rings. The van der Waals surface area contributed by atoms with Gasteiger partial charge in [0.2, 0.25) is 0 Å². The fourth-order valence-corrected chi connectivity index (χ4v) is 3.68. The number of H-pyrrole nitrogens is 1. The lowest BCUT2D eigenvalue weighted by atomic mass is 10.2. The van der Waals surface area contributed by atoms with E-state index in [-0.39, 0.29) is 6.04 Å². The molecule has 0 spiro atoms. The average Bonchev–Trinajstić information content (AvgIpc) is 3.09. The van der Waals surface area contributed by atoms with Crippen LogP contribution in [0, 0.1) is 4.77 Å². The quantitative estimate of drug-likeness (QED) is 0.728.